The van der Waals surface area contributed by atoms with E-state index in [4.69, 9.17) is 9.47 Å². The summed E-state index contributed by atoms with van der Waals surface area (Å²) in [6, 6.07) is 5.05. The summed E-state index contributed by atoms with van der Waals surface area (Å²) in [4.78, 5) is 4.12. The van der Waals surface area contributed by atoms with Gasteiger partial charge in [0.05, 0.1) is 13.2 Å². The van der Waals surface area contributed by atoms with E-state index in [1.54, 1.807) is 32.2 Å². The fourth-order valence-corrected chi connectivity index (χ4v) is 2.37. The van der Waals surface area contributed by atoms with Gasteiger partial charge in [-0.2, -0.15) is 8.78 Å². The molecule has 0 aromatic heterocycles. The Morgan fingerprint density at radius 3 is 2.77 bits per heavy atom. The third-order valence-corrected chi connectivity index (χ3v) is 3.83. The number of hydrogen-bond donors (Lipinski definition) is 2. The number of alkyl halides is 2. The maximum atomic E-state index is 12.7. The number of nitrogens with zero attached hydrogens (tertiary/aromatic N) is 1. The largest absolute Gasteiger partial charge is 0.490 e. The summed E-state index contributed by atoms with van der Waals surface area (Å²) in [5.74, 6) is 1.63. The van der Waals surface area contributed by atoms with Gasteiger partial charge in [0.15, 0.2) is 17.5 Å². The zero-order valence-electron chi connectivity index (χ0n) is 15.3. The standard InChI is InChI=1S/C18H27F2N3O3/c1-3-25-15-6-4-5-14(16(15)26-17(19)20)11-23-18(21-2)22-9-10-24-12-13-7-8-13/h4-6,13,17H,3,7-12H2,1-2H3,(H2,21,22,23). The molecule has 26 heavy (non-hydrogen) atoms. The second-order valence-corrected chi connectivity index (χ2v) is 5.93. The van der Waals surface area contributed by atoms with Crippen molar-refractivity contribution in [2.75, 3.05) is 33.4 Å². The molecule has 0 aliphatic heterocycles. The van der Waals surface area contributed by atoms with Crippen LogP contribution >= 0.6 is 0 Å². The van der Waals surface area contributed by atoms with Gasteiger partial charge in [0.2, 0.25) is 0 Å². The monoisotopic (exact) mass is 371 g/mol. The summed E-state index contributed by atoms with van der Waals surface area (Å²) >= 11 is 0. The zero-order valence-corrected chi connectivity index (χ0v) is 15.3. The van der Waals surface area contributed by atoms with Gasteiger partial charge in [-0.1, -0.05) is 12.1 Å². The van der Waals surface area contributed by atoms with Crippen LogP contribution in [0.1, 0.15) is 25.3 Å². The normalized spacial score (nSPS) is 14.4. The topological polar surface area (TPSA) is 64.1 Å². The highest BCUT2D eigenvalue weighted by atomic mass is 19.3. The van der Waals surface area contributed by atoms with Gasteiger partial charge in [0, 0.05) is 32.3 Å². The molecule has 6 nitrogen and oxygen atoms in total. The van der Waals surface area contributed by atoms with Gasteiger partial charge in [-0.25, -0.2) is 0 Å². The molecule has 0 unspecified atom stereocenters. The van der Waals surface area contributed by atoms with Crippen molar-refractivity contribution in [2.24, 2.45) is 10.9 Å². The van der Waals surface area contributed by atoms with Crippen LogP contribution in [0.2, 0.25) is 0 Å². The van der Waals surface area contributed by atoms with Gasteiger partial charge < -0.3 is 24.8 Å². The molecule has 0 bridgehead atoms. The Morgan fingerprint density at radius 1 is 1.31 bits per heavy atom. The summed E-state index contributed by atoms with van der Waals surface area (Å²) < 4.78 is 41.1. The van der Waals surface area contributed by atoms with E-state index in [1.165, 1.54) is 12.8 Å². The number of aliphatic imine (C=N–C) groups is 1. The van der Waals surface area contributed by atoms with Crippen LogP contribution in [0.4, 0.5) is 8.78 Å². The summed E-state index contributed by atoms with van der Waals surface area (Å²) in [6.07, 6.45) is 2.53. The van der Waals surface area contributed by atoms with Crippen molar-refractivity contribution in [3.05, 3.63) is 23.8 Å². The van der Waals surface area contributed by atoms with Crippen LogP contribution < -0.4 is 20.1 Å². The lowest BCUT2D eigenvalue weighted by Gasteiger charge is -2.17. The Balaban J connectivity index is 1.85. The van der Waals surface area contributed by atoms with E-state index in [0.29, 0.717) is 37.0 Å². The number of para-hydroxylation sites is 1. The third kappa shape index (κ3) is 7.03. The van der Waals surface area contributed by atoms with E-state index in [-0.39, 0.29) is 12.3 Å². The molecule has 0 spiro atoms. The molecule has 2 N–H and O–H groups in total. The Bertz CT molecular complexity index is 581. The Morgan fingerprint density at radius 2 is 2.12 bits per heavy atom. The van der Waals surface area contributed by atoms with E-state index in [0.717, 1.165) is 12.5 Å². The van der Waals surface area contributed by atoms with Crippen molar-refractivity contribution < 1.29 is 23.0 Å². The predicted molar refractivity (Wildman–Crippen MR) is 96.0 cm³/mol. The average Bonchev–Trinajstić information content (AvgIpc) is 3.43. The Hall–Kier alpha value is -2.09. The van der Waals surface area contributed by atoms with Crippen LogP contribution in [0.5, 0.6) is 11.5 Å². The first-order valence-electron chi connectivity index (χ1n) is 8.85. The third-order valence-electron chi connectivity index (χ3n) is 3.83. The first kappa shape index (κ1) is 20.2. The minimum atomic E-state index is -2.92. The maximum Gasteiger partial charge on any atom is 0.387 e. The van der Waals surface area contributed by atoms with Crippen LogP contribution in [0.25, 0.3) is 0 Å². The average molecular weight is 371 g/mol. The molecule has 8 heteroatoms. The second-order valence-electron chi connectivity index (χ2n) is 5.93. The van der Waals surface area contributed by atoms with Gasteiger partial charge in [0.1, 0.15) is 0 Å². The highest BCUT2D eigenvalue weighted by Crippen LogP contribution is 2.32. The molecule has 0 amide bonds. The molecular formula is C18H27F2N3O3. The first-order chi connectivity index (χ1) is 12.6. The molecular weight excluding hydrogens is 344 g/mol. The summed E-state index contributed by atoms with van der Waals surface area (Å²) in [5.41, 5.74) is 0.559. The zero-order chi connectivity index (χ0) is 18.8. The molecule has 0 saturated heterocycles. The molecule has 146 valence electrons. The number of nitrogens with one attached hydrogen (secondary N) is 2. The number of guanidine groups is 1. The second kappa shape index (κ2) is 10.8. The van der Waals surface area contributed by atoms with Crippen LogP contribution in [0.15, 0.2) is 23.2 Å². The molecule has 0 radical (unpaired) electrons. The van der Waals surface area contributed by atoms with Crippen LogP contribution in [0.3, 0.4) is 0 Å². The molecule has 0 atom stereocenters. The maximum absolute atomic E-state index is 12.7. The van der Waals surface area contributed by atoms with Gasteiger partial charge >= 0.3 is 6.61 Å². The Kier molecular flexibility index (Phi) is 8.40. The van der Waals surface area contributed by atoms with E-state index >= 15 is 0 Å². The van der Waals surface area contributed by atoms with Gasteiger partial charge in [0.25, 0.3) is 0 Å². The minimum absolute atomic E-state index is 0.0417. The van der Waals surface area contributed by atoms with Gasteiger partial charge in [-0.3, -0.25) is 4.99 Å². The van der Waals surface area contributed by atoms with Crippen molar-refractivity contribution in [1.82, 2.24) is 10.6 Å². The smallest absolute Gasteiger partial charge is 0.387 e. The summed E-state index contributed by atoms with van der Waals surface area (Å²) in [6.45, 7) is 1.52. The van der Waals surface area contributed by atoms with Crippen LogP contribution in [-0.4, -0.2) is 46.0 Å². The fourth-order valence-electron chi connectivity index (χ4n) is 2.37. The molecule has 1 aromatic carbocycles. The van der Waals surface area contributed by atoms with Crippen molar-refractivity contribution >= 4 is 5.96 Å². The van der Waals surface area contributed by atoms with Crippen molar-refractivity contribution in [3.63, 3.8) is 0 Å². The van der Waals surface area contributed by atoms with E-state index < -0.39 is 6.61 Å². The fraction of sp³-hybridized carbons (Fsp3) is 0.611. The van der Waals surface area contributed by atoms with E-state index in [1.807, 2.05) is 0 Å². The van der Waals surface area contributed by atoms with E-state index in [9.17, 15) is 8.78 Å². The lowest BCUT2D eigenvalue weighted by Crippen LogP contribution is -2.38. The molecule has 1 aromatic rings. The van der Waals surface area contributed by atoms with Gasteiger partial charge in [-0.05, 0) is 31.7 Å². The molecule has 2 rings (SSSR count). The molecule has 1 aliphatic carbocycles. The van der Waals surface area contributed by atoms with Crippen molar-refractivity contribution in [1.29, 1.82) is 0 Å². The lowest BCUT2D eigenvalue weighted by atomic mass is 10.2. The summed E-state index contributed by atoms with van der Waals surface area (Å²) in [7, 11) is 1.65. The number of rotatable bonds is 11. The van der Waals surface area contributed by atoms with E-state index in [2.05, 4.69) is 20.4 Å². The number of benzene rings is 1. The quantitative estimate of drug-likeness (QED) is 0.356. The molecule has 1 saturated carbocycles. The lowest BCUT2D eigenvalue weighted by molar-refractivity contribution is -0.0520. The molecule has 0 heterocycles. The predicted octanol–water partition coefficient (Wildman–Crippen LogP) is 2.78. The number of hydrogen-bond acceptors (Lipinski definition) is 4. The van der Waals surface area contributed by atoms with Crippen LogP contribution in [-0.2, 0) is 11.3 Å². The first-order valence-corrected chi connectivity index (χ1v) is 8.85. The Labute approximate surface area is 152 Å². The minimum Gasteiger partial charge on any atom is -0.490 e. The number of halogens is 2. The van der Waals surface area contributed by atoms with Gasteiger partial charge in [-0.15, -0.1) is 0 Å². The SMILES string of the molecule is CCOc1cccc(CNC(=NC)NCCOCC2CC2)c1OC(F)F. The highest BCUT2D eigenvalue weighted by molar-refractivity contribution is 5.79. The summed E-state index contributed by atoms with van der Waals surface area (Å²) in [5, 5.41) is 6.21. The number of ether oxygens (including phenoxy) is 3. The molecule has 1 fully saturated rings. The highest BCUT2D eigenvalue weighted by Gasteiger charge is 2.21. The van der Waals surface area contributed by atoms with Crippen molar-refractivity contribution in [2.45, 2.75) is 32.9 Å². The van der Waals surface area contributed by atoms with Crippen molar-refractivity contribution in [3.8, 4) is 11.5 Å². The van der Waals surface area contributed by atoms with Crippen LogP contribution in [0, 0.1) is 5.92 Å². The molecule has 1 aliphatic rings.